The third-order valence-electron chi connectivity index (χ3n) is 5.04. The maximum atomic E-state index is 5.81. The summed E-state index contributed by atoms with van der Waals surface area (Å²) in [6.07, 6.45) is 4.89. The summed E-state index contributed by atoms with van der Waals surface area (Å²) in [7, 11) is 1.70. The molecule has 0 amide bonds. The molecule has 4 unspecified atom stereocenters. The number of ether oxygens (including phenoxy) is 1. The average molecular weight is 276 g/mol. The van der Waals surface area contributed by atoms with Crippen LogP contribution in [0, 0.1) is 17.8 Å². The molecule has 1 aliphatic carbocycles. The number of methoxy groups -OCH3 is 1. The zero-order valence-corrected chi connectivity index (χ0v) is 12.9. The zero-order chi connectivity index (χ0) is 14.5. The lowest BCUT2D eigenvalue weighted by Gasteiger charge is -2.36. The van der Waals surface area contributed by atoms with E-state index >= 15 is 0 Å². The molecule has 0 bridgehead atoms. The molecule has 3 heteroatoms. The first-order valence-corrected chi connectivity index (χ1v) is 7.73. The van der Waals surface area contributed by atoms with Gasteiger partial charge < -0.3 is 4.74 Å². The van der Waals surface area contributed by atoms with Gasteiger partial charge in [-0.3, -0.25) is 11.3 Å². The van der Waals surface area contributed by atoms with E-state index in [9.17, 15) is 0 Å². The number of hydrogen-bond acceptors (Lipinski definition) is 3. The van der Waals surface area contributed by atoms with Gasteiger partial charge in [0.1, 0.15) is 5.75 Å². The molecule has 0 aromatic heterocycles. The molecule has 0 heterocycles. The second-order valence-electron chi connectivity index (χ2n) is 6.35. The Hall–Kier alpha value is -1.06. The summed E-state index contributed by atoms with van der Waals surface area (Å²) in [5, 5.41) is 0. The molecule has 1 aromatic carbocycles. The summed E-state index contributed by atoms with van der Waals surface area (Å²) in [5.41, 5.74) is 4.37. The molecule has 0 aliphatic heterocycles. The smallest absolute Gasteiger partial charge is 0.118 e. The second-order valence-corrected chi connectivity index (χ2v) is 6.35. The number of hydrogen-bond donors (Lipinski definition) is 2. The van der Waals surface area contributed by atoms with Crippen molar-refractivity contribution in [2.45, 2.75) is 45.6 Å². The van der Waals surface area contributed by atoms with E-state index in [1.165, 1.54) is 24.8 Å². The van der Waals surface area contributed by atoms with E-state index in [2.05, 4.69) is 31.4 Å². The van der Waals surface area contributed by atoms with Crippen LogP contribution in [-0.2, 0) is 6.42 Å². The molecule has 1 saturated carbocycles. The third kappa shape index (κ3) is 3.74. The highest BCUT2D eigenvalue weighted by molar-refractivity contribution is 5.27. The van der Waals surface area contributed by atoms with Crippen molar-refractivity contribution >= 4 is 0 Å². The Morgan fingerprint density at radius 3 is 2.45 bits per heavy atom. The standard InChI is InChI=1S/C17H28N2O/c1-12-4-7-15(10-13(12)2)17(19-18)11-14-5-8-16(20-3)9-6-14/h5-6,8-9,12-13,15,17,19H,4,7,10-11,18H2,1-3H3. The molecule has 0 saturated heterocycles. The Morgan fingerprint density at radius 2 is 1.90 bits per heavy atom. The molecule has 2 rings (SSSR count). The van der Waals surface area contributed by atoms with Gasteiger partial charge in [-0.25, -0.2) is 0 Å². The summed E-state index contributed by atoms with van der Waals surface area (Å²) in [5.74, 6) is 9.07. The van der Waals surface area contributed by atoms with Gasteiger partial charge in [0.25, 0.3) is 0 Å². The molecule has 3 nitrogen and oxygen atoms in total. The van der Waals surface area contributed by atoms with Gasteiger partial charge in [0.15, 0.2) is 0 Å². The number of rotatable bonds is 5. The molecule has 0 spiro atoms. The molecule has 0 radical (unpaired) electrons. The maximum absolute atomic E-state index is 5.81. The highest BCUT2D eigenvalue weighted by atomic mass is 16.5. The van der Waals surface area contributed by atoms with E-state index in [0.717, 1.165) is 24.0 Å². The third-order valence-corrected chi connectivity index (χ3v) is 5.04. The van der Waals surface area contributed by atoms with Crippen LogP contribution in [0.2, 0.25) is 0 Å². The van der Waals surface area contributed by atoms with Crippen LogP contribution in [0.3, 0.4) is 0 Å². The normalized spacial score (nSPS) is 28.1. The first-order chi connectivity index (χ1) is 9.63. The first kappa shape index (κ1) is 15.3. The summed E-state index contributed by atoms with van der Waals surface area (Å²) in [6, 6.07) is 8.69. The van der Waals surface area contributed by atoms with Crippen LogP contribution >= 0.6 is 0 Å². The Kier molecular flexibility index (Phi) is 5.44. The average Bonchev–Trinajstić information content (AvgIpc) is 2.48. The largest absolute Gasteiger partial charge is 0.497 e. The van der Waals surface area contributed by atoms with Crippen molar-refractivity contribution < 1.29 is 4.74 Å². The number of nitrogens with two attached hydrogens (primary N) is 1. The highest BCUT2D eigenvalue weighted by Crippen LogP contribution is 2.35. The molecule has 1 fully saturated rings. The van der Waals surface area contributed by atoms with E-state index in [0.29, 0.717) is 12.0 Å². The van der Waals surface area contributed by atoms with Gasteiger partial charge in [-0.2, -0.15) is 0 Å². The number of nitrogens with one attached hydrogen (secondary N) is 1. The molecule has 20 heavy (non-hydrogen) atoms. The minimum absolute atomic E-state index is 0.373. The lowest BCUT2D eigenvalue weighted by atomic mass is 9.72. The van der Waals surface area contributed by atoms with Crippen LogP contribution in [-0.4, -0.2) is 13.2 Å². The van der Waals surface area contributed by atoms with Crippen molar-refractivity contribution in [2.75, 3.05) is 7.11 Å². The predicted molar refractivity (Wildman–Crippen MR) is 83.5 cm³/mol. The van der Waals surface area contributed by atoms with Crippen molar-refractivity contribution in [3.8, 4) is 5.75 Å². The fraction of sp³-hybridized carbons (Fsp3) is 0.647. The van der Waals surface area contributed by atoms with E-state index in [1.807, 2.05) is 12.1 Å². The molecule has 1 aromatic rings. The Balaban J connectivity index is 1.97. The molecular formula is C17H28N2O. The van der Waals surface area contributed by atoms with Gasteiger partial charge >= 0.3 is 0 Å². The SMILES string of the molecule is COc1ccc(CC(NN)C2CCC(C)C(C)C2)cc1. The topological polar surface area (TPSA) is 47.3 Å². The fourth-order valence-corrected chi connectivity index (χ4v) is 3.33. The Morgan fingerprint density at radius 1 is 1.20 bits per heavy atom. The van der Waals surface area contributed by atoms with Crippen LogP contribution in [0.15, 0.2) is 24.3 Å². The molecular weight excluding hydrogens is 248 g/mol. The monoisotopic (exact) mass is 276 g/mol. The van der Waals surface area contributed by atoms with E-state index in [-0.39, 0.29) is 0 Å². The zero-order valence-electron chi connectivity index (χ0n) is 12.9. The first-order valence-electron chi connectivity index (χ1n) is 7.73. The molecule has 4 atom stereocenters. The van der Waals surface area contributed by atoms with Crippen molar-refractivity contribution in [1.29, 1.82) is 0 Å². The van der Waals surface area contributed by atoms with E-state index in [1.54, 1.807) is 7.11 Å². The van der Waals surface area contributed by atoms with Gasteiger partial charge in [-0.1, -0.05) is 32.4 Å². The summed E-state index contributed by atoms with van der Waals surface area (Å²) in [6.45, 7) is 4.74. The van der Waals surface area contributed by atoms with Gasteiger partial charge in [0.2, 0.25) is 0 Å². The Labute approximate surface area is 122 Å². The summed E-state index contributed by atoms with van der Waals surface area (Å²) < 4.78 is 5.20. The predicted octanol–water partition coefficient (Wildman–Crippen LogP) is 3.14. The van der Waals surface area contributed by atoms with E-state index < -0.39 is 0 Å². The lowest BCUT2D eigenvalue weighted by Crippen LogP contribution is -2.44. The van der Waals surface area contributed by atoms with Crippen LogP contribution in [0.25, 0.3) is 0 Å². The van der Waals surface area contributed by atoms with Gasteiger partial charge in [-0.15, -0.1) is 0 Å². The fourth-order valence-electron chi connectivity index (χ4n) is 3.33. The molecule has 112 valence electrons. The summed E-state index contributed by atoms with van der Waals surface area (Å²) >= 11 is 0. The second kappa shape index (κ2) is 7.09. The quantitative estimate of drug-likeness (QED) is 0.641. The summed E-state index contributed by atoms with van der Waals surface area (Å²) in [4.78, 5) is 0. The number of hydrazine groups is 1. The minimum atomic E-state index is 0.373. The van der Waals surface area contributed by atoms with Crippen molar-refractivity contribution in [3.05, 3.63) is 29.8 Å². The highest BCUT2D eigenvalue weighted by Gasteiger charge is 2.29. The van der Waals surface area contributed by atoms with Crippen LogP contribution < -0.4 is 16.0 Å². The van der Waals surface area contributed by atoms with Gasteiger partial charge in [0, 0.05) is 6.04 Å². The number of benzene rings is 1. The maximum Gasteiger partial charge on any atom is 0.118 e. The lowest BCUT2D eigenvalue weighted by molar-refractivity contribution is 0.170. The van der Waals surface area contributed by atoms with Crippen molar-refractivity contribution in [1.82, 2.24) is 5.43 Å². The van der Waals surface area contributed by atoms with Crippen LogP contribution in [0.1, 0.15) is 38.7 Å². The van der Waals surface area contributed by atoms with Crippen LogP contribution in [0.4, 0.5) is 0 Å². The van der Waals surface area contributed by atoms with Gasteiger partial charge in [-0.05, 0) is 54.7 Å². The minimum Gasteiger partial charge on any atom is -0.497 e. The van der Waals surface area contributed by atoms with E-state index in [4.69, 9.17) is 10.6 Å². The van der Waals surface area contributed by atoms with Crippen molar-refractivity contribution in [3.63, 3.8) is 0 Å². The van der Waals surface area contributed by atoms with Crippen molar-refractivity contribution in [2.24, 2.45) is 23.6 Å². The Bertz CT molecular complexity index is 404. The molecule has 1 aliphatic rings. The molecule has 3 N–H and O–H groups in total. The van der Waals surface area contributed by atoms with Crippen LogP contribution in [0.5, 0.6) is 5.75 Å². The van der Waals surface area contributed by atoms with Gasteiger partial charge in [0.05, 0.1) is 7.11 Å².